The molecule has 0 aliphatic carbocycles. The Kier molecular flexibility index (Phi) is 5.02. The van der Waals surface area contributed by atoms with E-state index in [1.807, 2.05) is 0 Å². The average molecular weight is 354 g/mol. The van der Waals surface area contributed by atoms with Crippen molar-refractivity contribution in [1.29, 1.82) is 0 Å². The van der Waals surface area contributed by atoms with Crippen molar-refractivity contribution in [2.24, 2.45) is 0 Å². The number of hydrogen-bond donors (Lipinski definition) is 1. The molecule has 138 valence electrons. The van der Waals surface area contributed by atoms with Gasteiger partial charge in [-0.2, -0.15) is 4.98 Å². The third kappa shape index (κ3) is 3.51. The van der Waals surface area contributed by atoms with Gasteiger partial charge in [0.2, 0.25) is 11.8 Å². The third-order valence-corrected chi connectivity index (χ3v) is 5.63. The van der Waals surface area contributed by atoms with Crippen LogP contribution in [0.1, 0.15) is 61.8 Å². The van der Waals surface area contributed by atoms with Crippen LogP contribution in [-0.2, 0) is 11.2 Å². The molecule has 1 N–H and O–H groups in total. The van der Waals surface area contributed by atoms with Crippen LogP contribution in [0.15, 0.2) is 34.9 Å². The quantitative estimate of drug-likeness (QED) is 0.808. The molecule has 3 heterocycles. The Labute approximate surface area is 154 Å². The van der Waals surface area contributed by atoms with Crippen LogP contribution >= 0.6 is 0 Å². The molecular weight excluding hydrogens is 328 g/mol. The van der Waals surface area contributed by atoms with Crippen molar-refractivity contribution >= 4 is 5.91 Å². The van der Waals surface area contributed by atoms with Crippen LogP contribution in [0.5, 0.6) is 0 Å². The summed E-state index contributed by atoms with van der Waals surface area (Å²) in [7, 11) is 0. The molecule has 26 heavy (non-hydrogen) atoms. The first kappa shape index (κ1) is 17.2. The molecule has 2 saturated heterocycles. The molecule has 0 bridgehead atoms. The van der Waals surface area contributed by atoms with E-state index in [1.54, 1.807) is 0 Å². The van der Waals surface area contributed by atoms with Crippen molar-refractivity contribution in [2.45, 2.75) is 57.0 Å². The Morgan fingerprint density at radius 1 is 1.35 bits per heavy atom. The molecule has 0 unspecified atom stereocenters. The van der Waals surface area contributed by atoms with Gasteiger partial charge in [0.25, 0.3) is 0 Å². The maximum atomic E-state index is 10.9. The zero-order valence-electron chi connectivity index (χ0n) is 15.2. The molecular formula is C20H26N4O2. The summed E-state index contributed by atoms with van der Waals surface area (Å²) in [5.74, 6) is 1.87. The highest BCUT2D eigenvalue weighted by atomic mass is 16.5. The minimum absolute atomic E-state index is 0.00421. The lowest BCUT2D eigenvalue weighted by Gasteiger charge is -2.24. The lowest BCUT2D eigenvalue weighted by Crippen LogP contribution is -2.27. The van der Waals surface area contributed by atoms with Crippen LogP contribution < -0.4 is 5.32 Å². The predicted octanol–water partition coefficient (Wildman–Crippen LogP) is 2.83. The number of carbonyl (C=O) groups is 1. The number of amides is 1. The van der Waals surface area contributed by atoms with Gasteiger partial charge in [-0.15, -0.1) is 0 Å². The van der Waals surface area contributed by atoms with Gasteiger partial charge in [0, 0.05) is 37.9 Å². The zero-order valence-corrected chi connectivity index (χ0v) is 15.2. The van der Waals surface area contributed by atoms with E-state index in [1.165, 1.54) is 25.3 Å². The summed E-state index contributed by atoms with van der Waals surface area (Å²) in [6, 6.07) is 11.7. The van der Waals surface area contributed by atoms with Gasteiger partial charge >= 0.3 is 0 Å². The summed E-state index contributed by atoms with van der Waals surface area (Å²) < 4.78 is 5.48. The first-order chi connectivity index (χ1) is 12.7. The van der Waals surface area contributed by atoms with E-state index in [0.717, 1.165) is 25.2 Å². The number of rotatable bonds is 6. The lowest BCUT2D eigenvalue weighted by molar-refractivity contribution is -0.118. The second-order valence-corrected chi connectivity index (χ2v) is 7.35. The molecule has 6 nitrogen and oxygen atoms in total. The molecule has 1 aromatic carbocycles. The minimum atomic E-state index is -0.00421. The number of benzene rings is 1. The molecule has 2 aliphatic heterocycles. The Hall–Kier alpha value is -2.21. The highest BCUT2D eigenvalue weighted by Crippen LogP contribution is 2.48. The first-order valence-corrected chi connectivity index (χ1v) is 9.60. The molecule has 0 spiro atoms. The zero-order chi connectivity index (χ0) is 17.9. The molecule has 1 amide bonds. The number of carbonyl (C=O) groups excluding carboxylic acids is 1. The van der Waals surface area contributed by atoms with E-state index >= 15 is 0 Å². The van der Waals surface area contributed by atoms with Gasteiger partial charge in [-0.3, -0.25) is 9.69 Å². The maximum Gasteiger partial charge on any atom is 0.226 e. The van der Waals surface area contributed by atoms with Gasteiger partial charge in [0.1, 0.15) is 0 Å². The number of nitrogens with one attached hydrogen (secondary N) is 1. The number of hydrogen-bond acceptors (Lipinski definition) is 5. The van der Waals surface area contributed by atoms with E-state index < -0.39 is 0 Å². The van der Waals surface area contributed by atoms with Gasteiger partial charge < -0.3 is 9.84 Å². The normalized spacial score (nSPS) is 25.3. The highest BCUT2D eigenvalue weighted by Gasteiger charge is 2.46. The fourth-order valence-electron chi connectivity index (χ4n) is 4.47. The van der Waals surface area contributed by atoms with E-state index in [4.69, 9.17) is 4.52 Å². The number of fused-ring (bicyclic) bond motifs is 1. The largest absolute Gasteiger partial charge is 0.356 e. The molecule has 0 saturated carbocycles. The third-order valence-electron chi connectivity index (χ3n) is 5.63. The van der Waals surface area contributed by atoms with Crippen LogP contribution in [0.3, 0.4) is 0 Å². The van der Waals surface area contributed by atoms with Crippen molar-refractivity contribution < 1.29 is 9.32 Å². The van der Waals surface area contributed by atoms with Crippen molar-refractivity contribution in [2.75, 3.05) is 13.1 Å². The van der Waals surface area contributed by atoms with Crippen LogP contribution in [0.4, 0.5) is 0 Å². The first-order valence-electron chi connectivity index (χ1n) is 9.60. The summed E-state index contributed by atoms with van der Waals surface area (Å²) in [5, 5.41) is 7.10. The monoisotopic (exact) mass is 354 g/mol. The molecule has 3 atom stereocenters. The summed E-state index contributed by atoms with van der Waals surface area (Å²) in [4.78, 5) is 18.2. The van der Waals surface area contributed by atoms with Gasteiger partial charge in [0.15, 0.2) is 5.82 Å². The SMILES string of the molecule is CC(=O)NCCCc1nc([C@@H]2C[C@H](c3ccccc3)N3CCC[C@@H]23)no1. The Bertz CT molecular complexity index is 745. The Morgan fingerprint density at radius 3 is 3.00 bits per heavy atom. The van der Waals surface area contributed by atoms with Crippen molar-refractivity contribution in [3.05, 3.63) is 47.6 Å². The van der Waals surface area contributed by atoms with Gasteiger partial charge in [-0.1, -0.05) is 35.5 Å². The number of aromatic nitrogens is 2. The highest BCUT2D eigenvalue weighted by molar-refractivity contribution is 5.72. The standard InChI is InChI=1S/C20H26N4O2/c1-14(25)21-11-5-10-19-22-20(23-26-19)16-13-18(15-7-3-2-4-8-15)24-12-6-9-17(16)24/h2-4,7-8,16-18H,5-6,9-13H2,1H3,(H,21,25)/t16-,17+,18-/m1/s1. The Morgan fingerprint density at radius 2 is 2.19 bits per heavy atom. The van der Waals surface area contributed by atoms with Crippen LogP contribution in [-0.4, -0.2) is 40.1 Å². The second-order valence-electron chi connectivity index (χ2n) is 7.35. The topological polar surface area (TPSA) is 71.3 Å². The molecule has 2 aliphatic rings. The number of aryl methyl sites for hydroxylation is 1. The van der Waals surface area contributed by atoms with E-state index in [0.29, 0.717) is 36.9 Å². The van der Waals surface area contributed by atoms with Crippen molar-refractivity contribution in [1.82, 2.24) is 20.4 Å². The fourth-order valence-corrected chi connectivity index (χ4v) is 4.47. The summed E-state index contributed by atoms with van der Waals surface area (Å²) in [5.41, 5.74) is 1.39. The van der Waals surface area contributed by atoms with Crippen molar-refractivity contribution in [3.8, 4) is 0 Å². The fraction of sp³-hybridized carbons (Fsp3) is 0.550. The van der Waals surface area contributed by atoms with E-state index in [-0.39, 0.29) is 5.91 Å². The molecule has 4 rings (SSSR count). The van der Waals surface area contributed by atoms with E-state index in [9.17, 15) is 4.79 Å². The van der Waals surface area contributed by atoms with Crippen LogP contribution in [0.25, 0.3) is 0 Å². The average Bonchev–Trinajstić information content (AvgIpc) is 3.35. The predicted molar refractivity (Wildman–Crippen MR) is 97.6 cm³/mol. The molecule has 2 aromatic rings. The maximum absolute atomic E-state index is 10.9. The lowest BCUT2D eigenvalue weighted by atomic mass is 9.94. The number of nitrogens with zero attached hydrogens (tertiary/aromatic N) is 3. The summed E-state index contributed by atoms with van der Waals surface area (Å²) >= 11 is 0. The van der Waals surface area contributed by atoms with Crippen molar-refractivity contribution in [3.63, 3.8) is 0 Å². The van der Waals surface area contributed by atoms with Gasteiger partial charge in [-0.25, -0.2) is 0 Å². The van der Waals surface area contributed by atoms with Crippen LogP contribution in [0.2, 0.25) is 0 Å². The Balaban J connectivity index is 1.44. The molecule has 0 radical (unpaired) electrons. The molecule has 1 aromatic heterocycles. The molecule has 2 fully saturated rings. The summed E-state index contributed by atoms with van der Waals surface area (Å²) in [6.07, 6.45) is 5.02. The van der Waals surface area contributed by atoms with Gasteiger partial charge in [0.05, 0.1) is 0 Å². The summed E-state index contributed by atoms with van der Waals surface area (Å²) in [6.45, 7) is 3.33. The smallest absolute Gasteiger partial charge is 0.226 e. The van der Waals surface area contributed by atoms with Crippen LogP contribution in [0, 0.1) is 0 Å². The molecule has 6 heteroatoms. The van der Waals surface area contributed by atoms with E-state index in [2.05, 4.69) is 50.7 Å². The van der Waals surface area contributed by atoms with Gasteiger partial charge in [-0.05, 0) is 37.8 Å². The second kappa shape index (κ2) is 7.58. The minimum Gasteiger partial charge on any atom is -0.356 e.